The Morgan fingerprint density at radius 1 is 1.29 bits per heavy atom. The molecule has 0 radical (unpaired) electrons. The first-order valence-corrected chi connectivity index (χ1v) is 6.02. The third-order valence-electron chi connectivity index (χ3n) is 3.28. The van der Waals surface area contributed by atoms with Gasteiger partial charge in [0.05, 0.1) is 0 Å². The molecule has 0 aromatic heterocycles. The summed E-state index contributed by atoms with van der Waals surface area (Å²) in [6.07, 6.45) is 5.40. The molecule has 0 saturated heterocycles. The Morgan fingerprint density at radius 2 is 1.93 bits per heavy atom. The lowest BCUT2D eigenvalue weighted by Gasteiger charge is -2.21. The highest BCUT2D eigenvalue weighted by molar-refractivity contribution is 4.86. The SMILES string of the molecule is CC(C)(C)CCNC1CCC(C)(C)C1. The maximum absolute atomic E-state index is 3.69. The lowest BCUT2D eigenvalue weighted by Crippen LogP contribution is -2.30. The van der Waals surface area contributed by atoms with E-state index >= 15 is 0 Å². The molecule has 1 atom stereocenters. The summed E-state index contributed by atoms with van der Waals surface area (Å²) in [5, 5.41) is 3.69. The van der Waals surface area contributed by atoms with Gasteiger partial charge in [-0.3, -0.25) is 0 Å². The smallest absolute Gasteiger partial charge is 0.00723 e. The van der Waals surface area contributed by atoms with E-state index in [0.717, 1.165) is 6.04 Å². The van der Waals surface area contributed by atoms with Gasteiger partial charge in [-0.1, -0.05) is 34.6 Å². The van der Waals surface area contributed by atoms with Crippen molar-refractivity contribution in [3.8, 4) is 0 Å². The number of nitrogens with one attached hydrogen (secondary N) is 1. The van der Waals surface area contributed by atoms with E-state index in [2.05, 4.69) is 39.9 Å². The van der Waals surface area contributed by atoms with Crippen LogP contribution in [0.5, 0.6) is 0 Å². The van der Waals surface area contributed by atoms with Crippen molar-refractivity contribution in [3.63, 3.8) is 0 Å². The minimum Gasteiger partial charge on any atom is -0.314 e. The van der Waals surface area contributed by atoms with Crippen molar-refractivity contribution in [1.29, 1.82) is 0 Å². The van der Waals surface area contributed by atoms with Gasteiger partial charge in [-0.25, -0.2) is 0 Å². The van der Waals surface area contributed by atoms with Gasteiger partial charge in [0, 0.05) is 6.04 Å². The van der Waals surface area contributed by atoms with Crippen molar-refractivity contribution in [2.75, 3.05) is 6.54 Å². The molecule has 1 N–H and O–H groups in total. The largest absolute Gasteiger partial charge is 0.314 e. The zero-order valence-corrected chi connectivity index (χ0v) is 10.6. The van der Waals surface area contributed by atoms with E-state index in [1.54, 1.807) is 0 Å². The van der Waals surface area contributed by atoms with Crippen molar-refractivity contribution in [1.82, 2.24) is 5.32 Å². The van der Waals surface area contributed by atoms with E-state index in [4.69, 9.17) is 0 Å². The molecule has 0 spiro atoms. The molecule has 0 bridgehead atoms. The van der Waals surface area contributed by atoms with Crippen LogP contribution in [0.1, 0.15) is 60.3 Å². The molecular weight excluding hydrogens is 170 g/mol. The van der Waals surface area contributed by atoms with Crippen molar-refractivity contribution in [3.05, 3.63) is 0 Å². The molecular formula is C13H27N. The van der Waals surface area contributed by atoms with Gasteiger partial charge in [0.2, 0.25) is 0 Å². The van der Waals surface area contributed by atoms with Crippen LogP contribution in [0.4, 0.5) is 0 Å². The third-order valence-corrected chi connectivity index (χ3v) is 3.28. The number of hydrogen-bond donors (Lipinski definition) is 1. The van der Waals surface area contributed by atoms with Gasteiger partial charge in [-0.05, 0) is 43.1 Å². The minimum absolute atomic E-state index is 0.473. The van der Waals surface area contributed by atoms with E-state index in [9.17, 15) is 0 Å². The first kappa shape index (κ1) is 12.0. The van der Waals surface area contributed by atoms with Crippen molar-refractivity contribution < 1.29 is 0 Å². The second-order valence-electron chi connectivity index (χ2n) is 6.87. The summed E-state index contributed by atoms with van der Waals surface area (Å²) >= 11 is 0. The fraction of sp³-hybridized carbons (Fsp3) is 1.00. The van der Waals surface area contributed by atoms with E-state index in [-0.39, 0.29) is 0 Å². The molecule has 0 aliphatic heterocycles. The van der Waals surface area contributed by atoms with E-state index in [1.165, 1.54) is 32.2 Å². The molecule has 0 amide bonds. The van der Waals surface area contributed by atoms with Crippen LogP contribution in [0.3, 0.4) is 0 Å². The Bertz CT molecular complexity index is 176. The first-order chi connectivity index (χ1) is 6.29. The first-order valence-electron chi connectivity index (χ1n) is 6.02. The van der Waals surface area contributed by atoms with Gasteiger partial charge in [-0.15, -0.1) is 0 Å². The van der Waals surface area contributed by atoms with Crippen LogP contribution in [-0.4, -0.2) is 12.6 Å². The Labute approximate surface area is 89.7 Å². The summed E-state index contributed by atoms with van der Waals surface area (Å²) in [4.78, 5) is 0. The maximum atomic E-state index is 3.69. The Kier molecular flexibility index (Phi) is 3.63. The summed E-state index contributed by atoms with van der Waals surface area (Å²) in [6, 6.07) is 0.785. The number of rotatable bonds is 3. The molecule has 1 nitrogen and oxygen atoms in total. The molecule has 1 saturated carbocycles. The predicted octanol–water partition coefficient (Wildman–Crippen LogP) is 3.59. The van der Waals surface area contributed by atoms with Crippen molar-refractivity contribution >= 4 is 0 Å². The normalized spacial score (nSPS) is 26.8. The van der Waals surface area contributed by atoms with E-state index in [0.29, 0.717) is 10.8 Å². The van der Waals surface area contributed by atoms with Gasteiger partial charge in [0.15, 0.2) is 0 Å². The maximum Gasteiger partial charge on any atom is 0.00723 e. The van der Waals surface area contributed by atoms with Gasteiger partial charge < -0.3 is 5.32 Å². The van der Waals surface area contributed by atoms with Crippen LogP contribution in [0, 0.1) is 10.8 Å². The quantitative estimate of drug-likeness (QED) is 0.729. The Hall–Kier alpha value is -0.0400. The average molecular weight is 197 g/mol. The van der Waals surface area contributed by atoms with Crippen LogP contribution in [0.15, 0.2) is 0 Å². The molecule has 0 aromatic rings. The Balaban J connectivity index is 2.15. The molecule has 1 unspecified atom stereocenters. The molecule has 0 aromatic carbocycles. The topological polar surface area (TPSA) is 12.0 Å². The lowest BCUT2D eigenvalue weighted by atomic mass is 9.91. The van der Waals surface area contributed by atoms with Gasteiger partial charge >= 0.3 is 0 Å². The standard InChI is InChI=1S/C13H27N/c1-12(2,3)8-9-14-11-6-7-13(4,5)10-11/h11,14H,6-10H2,1-5H3. The third kappa shape index (κ3) is 4.45. The molecule has 0 heterocycles. The summed E-state index contributed by atoms with van der Waals surface area (Å²) in [7, 11) is 0. The zero-order valence-electron chi connectivity index (χ0n) is 10.6. The van der Waals surface area contributed by atoms with Crippen LogP contribution in [0.25, 0.3) is 0 Å². The van der Waals surface area contributed by atoms with Gasteiger partial charge in [-0.2, -0.15) is 0 Å². The lowest BCUT2D eigenvalue weighted by molar-refractivity contribution is 0.337. The fourth-order valence-corrected chi connectivity index (χ4v) is 2.26. The molecule has 14 heavy (non-hydrogen) atoms. The summed E-state index contributed by atoms with van der Waals surface area (Å²) < 4.78 is 0. The summed E-state index contributed by atoms with van der Waals surface area (Å²) in [5.41, 5.74) is 1.06. The minimum atomic E-state index is 0.473. The van der Waals surface area contributed by atoms with Gasteiger partial charge in [0.25, 0.3) is 0 Å². The van der Waals surface area contributed by atoms with Crippen LogP contribution >= 0.6 is 0 Å². The van der Waals surface area contributed by atoms with E-state index in [1.807, 2.05) is 0 Å². The number of hydrogen-bond acceptors (Lipinski definition) is 1. The average Bonchev–Trinajstić information content (AvgIpc) is 2.27. The van der Waals surface area contributed by atoms with Crippen LogP contribution in [0.2, 0.25) is 0 Å². The van der Waals surface area contributed by atoms with Gasteiger partial charge in [0.1, 0.15) is 0 Å². The fourth-order valence-electron chi connectivity index (χ4n) is 2.26. The molecule has 84 valence electrons. The highest BCUT2D eigenvalue weighted by Gasteiger charge is 2.30. The van der Waals surface area contributed by atoms with E-state index < -0.39 is 0 Å². The molecule has 1 heteroatoms. The second-order valence-corrected chi connectivity index (χ2v) is 6.87. The molecule has 1 rings (SSSR count). The second kappa shape index (κ2) is 4.22. The highest BCUT2D eigenvalue weighted by Crippen LogP contribution is 2.36. The molecule has 1 aliphatic rings. The summed E-state index contributed by atoms with van der Waals surface area (Å²) in [6.45, 7) is 12.9. The van der Waals surface area contributed by atoms with Crippen LogP contribution in [-0.2, 0) is 0 Å². The highest BCUT2D eigenvalue weighted by atomic mass is 14.9. The monoisotopic (exact) mass is 197 g/mol. The summed E-state index contributed by atoms with van der Waals surface area (Å²) in [5.74, 6) is 0. The predicted molar refractivity (Wildman–Crippen MR) is 63.5 cm³/mol. The van der Waals surface area contributed by atoms with Crippen molar-refractivity contribution in [2.24, 2.45) is 10.8 Å². The Morgan fingerprint density at radius 3 is 2.36 bits per heavy atom. The van der Waals surface area contributed by atoms with Crippen LogP contribution < -0.4 is 5.32 Å². The van der Waals surface area contributed by atoms with Crippen molar-refractivity contribution in [2.45, 2.75) is 66.3 Å². The molecule has 1 fully saturated rings. The zero-order chi connectivity index (χ0) is 10.8. The molecule has 1 aliphatic carbocycles.